The maximum atomic E-state index is 14.4. The molecule has 0 unspecified atom stereocenters. The largest absolute Gasteiger partial charge is 0.493 e. The Morgan fingerprint density at radius 2 is 1.84 bits per heavy atom. The first-order valence-electron chi connectivity index (χ1n) is 12.5. The maximum absolute atomic E-state index is 14.4. The number of carbonyl (C=O) groups excluding carboxylic acids is 1. The Labute approximate surface area is 218 Å². The molecule has 37 heavy (non-hydrogen) atoms. The summed E-state index contributed by atoms with van der Waals surface area (Å²) in [6.45, 7) is 8.23. The van der Waals surface area contributed by atoms with Gasteiger partial charge < -0.3 is 4.74 Å². The first-order valence-corrected chi connectivity index (χ1v) is 14.0. The molecule has 1 amide bonds. The fourth-order valence-electron chi connectivity index (χ4n) is 3.73. The molecule has 2 aromatic heterocycles. The smallest absolute Gasteiger partial charge is 0.281 e. The van der Waals surface area contributed by atoms with Crippen LogP contribution in [0.15, 0.2) is 53.6 Å². The van der Waals surface area contributed by atoms with Crippen molar-refractivity contribution in [1.82, 2.24) is 14.7 Å². The summed E-state index contributed by atoms with van der Waals surface area (Å²) in [7, 11) is -4.17. The minimum Gasteiger partial charge on any atom is -0.493 e. The molecule has 0 atom stereocenters. The summed E-state index contributed by atoms with van der Waals surface area (Å²) in [4.78, 5) is 21.8. The number of unbranched alkanes of at least 4 members (excludes halogenated alkanes) is 3. The second-order valence-corrected chi connectivity index (χ2v) is 11.1. The predicted molar refractivity (Wildman–Crippen MR) is 141 cm³/mol. The summed E-state index contributed by atoms with van der Waals surface area (Å²) >= 11 is 0. The van der Waals surface area contributed by atoms with Crippen LogP contribution in [0.5, 0.6) is 5.75 Å². The predicted octanol–water partition coefficient (Wildman–Crippen LogP) is 5.87. The molecule has 1 aromatic carbocycles. The van der Waals surface area contributed by atoms with Gasteiger partial charge >= 0.3 is 0 Å². The number of benzene rings is 1. The highest BCUT2D eigenvalue weighted by atomic mass is 32.2. The summed E-state index contributed by atoms with van der Waals surface area (Å²) in [6, 6.07) is 12.1. The summed E-state index contributed by atoms with van der Waals surface area (Å²) in [5.41, 5.74) is 2.11. The van der Waals surface area contributed by atoms with Gasteiger partial charge in [-0.2, -0.15) is 8.42 Å². The van der Waals surface area contributed by atoms with Crippen molar-refractivity contribution in [3.8, 4) is 17.0 Å². The van der Waals surface area contributed by atoms with E-state index < -0.39 is 21.7 Å². The van der Waals surface area contributed by atoms with Gasteiger partial charge in [-0.3, -0.25) is 9.78 Å². The maximum Gasteiger partial charge on any atom is 0.281 e. The Morgan fingerprint density at radius 1 is 1.05 bits per heavy atom. The molecule has 0 saturated carbocycles. The summed E-state index contributed by atoms with van der Waals surface area (Å²) < 4.78 is 47.7. The lowest BCUT2D eigenvalue weighted by atomic mass is 10.0. The average molecular weight is 528 g/mol. The Bertz CT molecular complexity index is 1340. The summed E-state index contributed by atoms with van der Waals surface area (Å²) in [6.07, 6.45) is 4.29. The van der Waals surface area contributed by atoms with Gasteiger partial charge in [0, 0.05) is 17.3 Å². The number of aromatic nitrogens is 2. The Kier molecular flexibility index (Phi) is 9.74. The van der Waals surface area contributed by atoms with Crippen LogP contribution in [-0.4, -0.2) is 30.9 Å². The lowest BCUT2D eigenvalue weighted by molar-refractivity contribution is 0.0980. The van der Waals surface area contributed by atoms with E-state index in [2.05, 4.69) is 21.6 Å². The number of rotatable bonds is 12. The van der Waals surface area contributed by atoms with Gasteiger partial charge in [0.2, 0.25) is 0 Å². The SMILES string of the molecule is CCCCCCc1nc(-c2cc(F)cc(OCC(C)C)c2)ccc1C(=O)NS(=O)(=O)c1cccc(C)n1. The molecule has 0 spiro atoms. The molecule has 1 N–H and O–H groups in total. The van der Waals surface area contributed by atoms with Gasteiger partial charge in [0.1, 0.15) is 11.6 Å². The van der Waals surface area contributed by atoms with Crippen LogP contribution in [0.4, 0.5) is 4.39 Å². The van der Waals surface area contributed by atoms with Crippen LogP contribution in [0.3, 0.4) is 0 Å². The third-order valence-corrected chi connectivity index (χ3v) is 6.83. The number of amides is 1. The third kappa shape index (κ3) is 8.08. The van der Waals surface area contributed by atoms with E-state index in [9.17, 15) is 17.6 Å². The fourth-order valence-corrected chi connectivity index (χ4v) is 4.71. The van der Waals surface area contributed by atoms with E-state index in [0.717, 1.165) is 25.7 Å². The number of carbonyl (C=O) groups is 1. The third-order valence-electron chi connectivity index (χ3n) is 5.60. The van der Waals surface area contributed by atoms with E-state index in [4.69, 9.17) is 4.74 Å². The molecule has 7 nitrogen and oxygen atoms in total. The number of sulfonamides is 1. The molecule has 2 heterocycles. The van der Waals surface area contributed by atoms with E-state index in [1.54, 1.807) is 31.2 Å². The highest BCUT2D eigenvalue weighted by molar-refractivity contribution is 7.90. The second kappa shape index (κ2) is 12.8. The quantitative estimate of drug-likeness (QED) is 0.296. The van der Waals surface area contributed by atoms with Crippen molar-refractivity contribution >= 4 is 15.9 Å². The van der Waals surface area contributed by atoms with Crippen LogP contribution in [0.1, 0.15) is 68.2 Å². The Hall–Kier alpha value is -3.33. The van der Waals surface area contributed by atoms with E-state index in [0.29, 0.717) is 41.4 Å². The van der Waals surface area contributed by atoms with Crippen molar-refractivity contribution in [3.05, 3.63) is 71.3 Å². The monoisotopic (exact) mass is 527 g/mol. The Morgan fingerprint density at radius 3 is 2.54 bits per heavy atom. The number of pyridine rings is 2. The van der Waals surface area contributed by atoms with Crippen molar-refractivity contribution in [3.63, 3.8) is 0 Å². The summed E-state index contributed by atoms with van der Waals surface area (Å²) in [5, 5.41) is -0.233. The molecule has 0 saturated heterocycles. The van der Waals surface area contributed by atoms with Crippen molar-refractivity contribution in [2.24, 2.45) is 5.92 Å². The lowest BCUT2D eigenvalue weighted by Gasteiger charge is -2.13. The highest BCUT2D eigenvalue weighted by Gasteiger charge is 2.23. The lowest BCUT2D eigenvalue weighted by Crippen LogP contribution is -2.32. The molecule has 198 valence electrons. The number of aryl methyl sites for hydroxylation is 2. The number of nitrogens with one attached hydrogen (secondary N) is 1. The van der Waals surface area contributed by atoms with Gasteiger partial charge in [0.25, 0.3) is 15.9 Å². The zero-order valence-electron chi connectivity index (χ0n) is 21.8. The molecule has 0 aliphatic rings. The van der Waals surface area contributed by atoms with Gasteiger partial charge in [-0.25, -0.2) is 14.1 Å². The molecule has 0 fully saturated rings. The van der Waals surface area contributed by atoms with Crippen LogP contribution in [0.2, 0.25) is 0 Å². The van der Waals surface area contributed by atoms with E-state index in [1.165, 1.54) is 24.3 Å². The second-order valence-electron chi connectivity index (χ2n) is 9.43. The van der Waals surface area contributed by atoms with Gasteiger partial charge in [-0.15, -0.1) is 0 Å². The first-order chi connectivity index (χ1) is 17.6. The first kappa shape index (κ1) is 28.2. The van der Waals surface area contributed by atoms with Gasteiger partial charge in [-0.1, -0.05) is 46.1 Å². The van der Waals surface area contributed by atoms with E-state index >= 15 is 0 Å². The van der Waals surface area contributed by atoms with Crippen molar-refractivity contribution in [2.75, 3.05) is 6.61 Å². The van der Waals surface area contributed by atoms with Crippen molar-refractivity contribution in [2.45, 2.75) is 64.8 Å². The molecular formula is C28H34FN3O4S. The minimum atomic E-state index is -4.17. The molecule has 3 aromatic rings. The number of hydrogen-bond donors (Lipinski definition) is 1. The van der Waals surface area contributed by atoms with Crippen LogP contribution in [-0.2, 0) is 16.4 Å². The minimum absolute atomic E-state index is 0.157. The zero-order chi connectivity index (χ0) is 27.0. The molecule has 0 aliphatic carbocycles. The number of halogens is 1. The van der Waals surface area contributed by atoms with Gasteiger partial charge in [-0.05, 0) is 62.1 Å². The molecular weight excluding hydrogens is 493 g/mol. The van der Waals surface area contributed by atoms with Crippen LogP contribution in [0.25, 0.3) is 11.3 Å². The molecule has 0 bridgehead atoms. The number of nitrogens with zero attached hydrogens (tertiary/aromatic N) is 2. The van der Waals surface area contributed by atoms with Crippen LogP contribution >= 0.6 is 0 Å². The van der Waals surface area contributed by atoms with Gasteiger partial charge in [0.05, 0.1) is 23.6 Å². The molecule has 9 heteroatoms. The van der Waals surface area contributed by atoms with Crippen LogP contribution in [0, 0.1) is 18.7 Å². The van der Waals surface area contributed by atoms with Crippen LogP contribution < -0.4 is 9.46 Å². The normalized spacial score (nSPS) is 11.5. The van der Waals surface area contributed by atoms with E-state index in [-0.39, 0.29) is 16.5 Å². The Balaban J connectivity index is 1.93. The highest BCUT2D eigenvalue weighted by Crippen LogP contribution is 2.26. The number of ether oxygens (including phenoxy) is 1. The van der Waals surface area contributed by atoms with Gasteiger partial charge in [0.15, 0.2) is 5.03 Å². The standard InChI is InChI=1S/C28H34FN3O4S/c1-5-6-7-8-11-26-24(28(33)32-37(34,35)27-12-9-10-20(4)30-27)13-14-25(31-26)21-15-22(29)17-23(16-21)36-18-19(2)3/h9-10,12-17,19H,5-8,11,18H2,1-4H3,(H,32,33). The molecule has 0 radical (unpaired) electrons. The van der Waals surface area contributed by atoms with Crippen molar-refractivity contribution < 1.29 is 22.3 Å². The summed E-state index contributed by atoms with van der Waals surface area (Å²) in [5.74, 6) is -0.564. The van der Waals surface area contributed by atoms with Crippen molar-refractivity contribution in [1.29, 1.82) is 0 Å². The number of hydrogen-bond acceptors (Lipinski definition) is 6. The molecule has 0 aliphatic heterocycles. The topological polar surface area (TPSA) is 98.2 Å². The zero-order valence-corrected chi connectivity index (χ0v) is 22.6. The van der Waals surface area contributed by atoms with E-state index in [1.807, 2.05) is 13.8 Å². The fraction of sp³-hybridized carbons (Fsp3) is 0.393. The average Bonchev–Trinajstić information content (AvgIpc) is 2.84. The molecule has 3 rings (SSSR count).